The Morgan fingerprint density at radius 1 is 1.50 bits per heavy atom. The van der Waals surface area contributed by atoms with Crippen molar-refractivity contribution in [3.05, 3.63) is 40.6 Å². The van der Waals surface area contributed by atoms with Gasteiger partial charge in [0, 0.05) is 10.2 Å². The van der Waals surface area contributed by atoms with Gasteiger partial charge < -0.3 is 10.1 Å². The summed E-state index contributed by atoms with van der Waals surface area (Å²) in [6, 6.07) is 6.32. The molecule has 2 nitrogen and oxygen atoms in total. The zero-order valence-corrected chi connectivity index (χ0v) is 11.0. The first-order valence-electron chi connectivity index (χ1n) is 5.56. The molecule has 0 amide bonds. The second kappa shape index (κ2) is 5.39. The fraction of sp³-hybridized carbons (Fsp3) is 0.385. The Labute approximate surface area is 105 Å². The van der Waals surface area contributed by atoms with Gasteiger partial charge in [-0.2, -0.15) is 0 Å². The first kappa shape index (κ1) is 11.5. The topological polar surface area (TPSA) is 21.3 Å². The average molecular weight is 282 g/mol. The number of hydrogen-bond acceptors (Lipinski definition) is 2. The van der Waals surface area contributed by atoms with Crippen molar-refractivity contribution >= 4 is 21.6 Å². The molecule has 1 aromatic rings. The number of rotatable bonds is 3. The van der Waals surface area contributed by atoms with Crippen LogP contribution in [0.3, 0.4) is 0 Å². The quantitative estimate of drug-likeness (QED) is 0.908. The van der Waals surface area contributed by atoms with E-state index in [9.17, 15) is 0 Å². The summed E-state index contributed by atoms with van der Waals surface area (Å²) in [7, 11) is 0. The summed E-state index contributed by atoms with van der Waals surface area (Å²) in [5.74, 6) is 0. The van der Waals surface area contributed by atoms with Gasteiger partial charge in [-0.1, -0.05) is 6.07 Å². The summed E-state index contributed by atoms with van der Waals surface area (Å²) in [4.78, 5) is 0. The fourth-order valence-corrected chi connectivity index (χ4v) is 2.36. The Kier molecular flexibility index (Phi) is 3.88. The standard InChI is InChI=1S/C13H16BrNO/c1-10-5-6-13(12(14)8-10)15-9-11-4-2-3-7-16-11/h3,5-8,11,15H,2,4,9H2,1H3. The molecule has 1 aliphatic heterocycles. The molecule has 0 radical (unpaired) electrons. The molecule has 1 heterocycles. The SMILES string of the molecule is Cc1ccc(NCC2CCC=CO2)c(Br)c1. The van der Waals surface area contributed by atoms with E-state index in [-0.39, 0.29) is 0 Å². The Morgan fingerprint density at radius 3 is 3.06 bits per heavy atom. The van der Waals surface area contributed by atoms with Crippen LogP contribution in [-0.2, 0) is 4.74 Å². The van der Waals surface area contributed by atoms with E-state index in [2.05, 4.69) is 52.4 Å². The van der Waals surface area contributed by atoms with Crippen molar-refractivity contribution < 1.29 is 4.74 Å². The van der Waals surface area contributed by atoms with Gasteiger partial charge in [-0.15, -0.1) is 0 Å². The highest BCUT2D eigenvalue weighted by atomic mass is 79.9. The van der Waals surface area contributed by atoms with Crippen LogP contribution in [0.2, 0.25) is 0 Å². The zero-order valence-electron chi connectivity index (χ0n) is 9.37. The van der Waals surface area contributed by atoms with Crippen molar-refractivity contribution in [1.29, 1.82) is 0 Å². The summed E-state index contributed by atoms with van der Waals surface area (Å²) < 4.78 is 6.61. The molecule has 0 aromatic heterocycles. The van der Waals surface area contributed by atoms with Crippen LogP contribution in [-0.4, -0.2) is 12.6 Å². The Hall–Kier alpha value is -0.960. The van der Waals surface area contributed by atoms with E-state index in [1.165, 1.54) is 5.56 Å². The highest BCUT2D eigenvalue weighted by Crippen LogP contribution is 2.23. The molecule has 0 bridgehead atoms. The lowest BCUT2D eigenvalue weighted by atomic mass is 10.1. The molecule has 16 heavy (non-hydrogen) atoms. The van der Waals surface area contributed by atoms with Crippen LogP contribution in [0, 0.1) is 6.92 Å². The molecule has 86 valence electrons. The lowest BCUT2D eigenvalue weighted by Crippen LogP contribution is -2.23. The predicted octanol–water partition coefficient (Wildman–Crippen LogP) is 3.86. The third kappa shape index (κ3) is 3.01. The van der Waals surface area contributed by atoms with Crippen molar-refractivity contribution in [2.24, 2.45) is 0 Å². The van der Waals surface area contributed by atoms with Crippen molar-refractivity contribution in [1.82, 2.24) is 0 Å². The van der Waals surface area contributed by atoms with Crippen molar-refractivity contribution in [3.8, 4) is 0 Å². The summed E-state index contributed by atoms with van der Waals surface area (Å²) in [5.41, 5.74) is 2.39. The van der Waals surface area contributed by atoms with Gasteiger partial charge in [-0.3, -0.25) is 0 Å². The Balaban J connectivity index is 1.91. The van der Waals surface area contributed by atoms with E-state index < -0.39 is 0 Å². The van der Waals surface area contributed by atoms with Crippen LogP contribution in [0.5, 0.6) is 0 Å². The molecule has 0 saturated carbocycles. The van der Waals surface area contributed by atoms with Gasteiger partial charge in [0.2, 0.25) is 0 Å². The third-order valence-corrected chi connectivity index (χ3v) is 3.32. The largest absolute Gasteiger partial charge is 0.497 e. The molecule has 0 aliphatic carbocycles. The highest BCUT2D eigenvalue weighted by Gasteiger charge is 2.10. The molecule has 0 saturated heterocycles. The monoisotopic (exact) mass is 281 g/mol. The van der Waals surface area contributed by atoms with Crippen LogP contribution >= 0.6 is 15.9 Å². The first-order valence-corrected chi connectivity index (χ1v) is 6.35. The van der Waals surface area contributed by atoms with Crippen LogP contribution in [0.1, 0.15) is 18.4 Å². The van der Waals surface area contributed by atoms with Crippen LogP contribution < -0.4 is 5.32 Å². The average Bonchev–Trinajstić information content (AvgIpc) is 2.29. The molecule has 3 heteroatoms. The molecule has 1 N–H and O–H groups in total. The zero-order chi connectivity index (χ0) is 11.4. The smallest absolute Gasteiger partial charge is 0.115 e. The predicted molar refractivity (Wildman–Crippen MR) is 70.6 cm³/mol. The number of halogens is 1. The molecule has 1 aliphatic rings. The van der Waals surface area contributed by atoms with E-state index in [0.29, 0.717) is 6.10 Å². The van der Waals surface area contributed by atoms with Gasteiger partial charge in [0.15, 0.2) is 0 Å². The van der Waals surface area contributed by atoms with Gasteiger partial charge in [0.05, 0.1) is 12.8 Å². The number of aryl methyl sites for hydroxylation is 1. The molecule has 0 spiro atoms. The number of benzene rings is 1. The van der Waals surface area contributed by atoms with Crippen molar-refractivity contribution in [2.75, 3.05) is 11.9 Å². The van der Waals surface area contributed by atoms with E-state index >= 15 is 0 Å². The number of hydrogen-bond donors (Lipinski definition) is 1. The third-order valence-electron chi connectivity index (χ3n) is 2.67. The minimum absolute atomic E-state index is 0.290. The maximum atomic E-state index is 5.50. The lowest BCUT2D eigenvalue weighted by molar-refractivity contribution is 0.135. The molecule has 1 unspecified atom stereocenters. The number of nitrogens with one attached hydrogen (secondary N) is 1. The van der Waals surface area contributed by atoms with Crippen LogP contribution in [0.15, 0.2) is 35.0 Å². The highest BCUT2D eigenvalue weighted by molar-refractivity contribution is 9.10. The molecule has 1 aromatic carbocycles. The second-order valence-corrected chi connectivity index (χ2v) is 4.93. The minimum Gasteiger partial charge on any atom is -0.497 e. The van der Waals surface area contributed by atoms with E-state index in [1.54, 1.807) is 6.26 Å². The summed E-state index contributed by atoms with van der Waals surface area (Å²) in [6.45, 7) is 2.94. The molecular formula is C13H16BrNO. The summed E-state index contributed by atoms with van der Waals surface area (Å²) in [5, 5.41) is 3.40. The Bertz CT molecular complexity index is 390. The summed E-state index contributed by atoms with van der Waals surface area (Å²) >= 11 is 3.55. The number of ether oxygens (including phenoxy) is 1. The van der Waals surface area contributed by atoms with Gasteiger partial charge >= 0.3 is 0 Å². The maximum Gasteiger partial charge on any atom is 0.115 e. The van der Waals surface area contributed by atoms with E-state index in [4.69, 9.17) is 4.74 Å². The second-order valence-electron chi connectivity index (χ2n) is 4.07. The Morgan fingerprint density at radius 2 is 2.38 bits per heavy atom. The van der Waals surface area contributed by atoms with Gasteiger partial charge in [0.1, 0.15) is 6.10 Å². The lowest BCUT2D eigenvalue weighted by Gasteiger charge is -2.20. The molecule has 0 fully saturated rings. The van der Waals surface area contributed by atoms with Gasteiger partial charge in [-0.05, 0) is 59.5 Å². The van der Waals surface area contributed by atoms with Crippen LogP contribution in [0.25, 0.3) is 0 Å². The number of allylic oxidation sites excluding steroid dienone is 1. The van der Waals surface area contributed by atoms with Crippen LogP contribution in [0.4, 0.5) is 5.69 Å². The molecular weight excluding hydrogens is 266 g/mol. The minimum atomic E-state index is 0.290. The fourth-order valence-electron chi connectivity index (χ4n) is 1.72. The van der Waals surface area contributed by atoms with Crippen molar-refractivity contribution in [3.63, 3.8) is 0 Å². The number of anilines is 1. The van der Waals surface area contributed by atoms with E-state index in [0.717, 1.165) is 29.5 Å². The first-order chi connectivity index (χ1) is 7.75. The molecule has 1 atom stereocenters. The van der Waals surface area contributed by atoms with E-state index in [1.807, 2.05) is 0 Å². The van der Waals surface area contributed by atoms with Gasteiger partial charge in [0.25, 0.3) is 0 Å². The maximum absolute atomic E-state index is 5.50. The summed E-state index contributed by atoms with van der Waals surface area (Å²) in [6.07, 6.45) is 6.37. The normalized spacial score (nSPS) is 19.2. The van der Waals surface area contributed by atoms with Gasteiger partial charge in [-0.25, -0.2) is 0 Å². The molecule has 2 rings (SSSR count). The van der Waals surface area contributed by atoms with Crippen molar-refractivity contribution in [2.45, 2.75) is 25.9 Å².